The summed E-state index contributed by atoms with van der Waals surface area (Å²) in [6, 6.07) is 18.8. The maximum atomic E-state index is 12.9. The Morgan fingerprint density at radius 1 is 1.10 bits per heavy atom. The van der Waals surface area contributed by atoms with E-state index in [-0.39, 0.29) is 17.3 Å². The minimum Gasteiger partial charge on any atom is -0.481 e. The van der Waals surface area contributed by atoms with Crippen molar-refractivity contribution in [2.24, 2.45) is 0 Å². The second-order valence-corrected chi connectivity index (χ2v) is 6.91. The van der Waals surface area contributed by atoms with Gasteiger partial charge in [-0.1, -0.05) is 48.5 Å². The van der Waals surface area contributed by atoms with Crippen molar-refractivity contribution in [1.29, 1.82) is 0 Å². The monoisotopic (exact) mass is 403 g/mol. The molecule has 8 heteroatoms. The first-order valence-corrected chi connectivity index (χ1v) is 9.56. The van der Waals surface area contributed by atoms with E-state index in [9.17, 15) is 9.59 Å². The lowest BCUT2D eigenvalue weighted by molar-refractivity contribution is -0.122. The number of rotatable bonds is 6. The molecule has 152 valence electrons. The Hall–Kier alpha value is -3.94. The molecule has 1 atom stereocenters. The number of aromatic amines is 1. The Morgan fingerprint density at radius 2 is 1.77 bits per heavy atom. The van der Waals surface area contributed by atoms with E-state index in [1.165, 1.54) is 4.52 Å². The predicted molar refractivity (Wildman–Crippen MR) is 113 cm³/mol. The summed E-state index contributed by atoms with van der Waals surface area (Å²) in [5.41, 5.74) is 1.94. The molecular formula is C22H21N5O3. The Labute approximate surface area is 172 Å². The average molecular weight is 403 g/mol. The number of fused-ring (bicyclic) bond motifs is 1. The molecule has 4 aromatic rings. The van der Waals surface area contributed by atoms with E-state index in [4.69, 9.17) is 4.74 Å². The van der Waals surface area contributed by atoms with Crippen LogP contribution in [0.3, 0.4) is 0 Å². The van der Waals surface area contributed by atoms with Crippen LogP contribution in [0, 0.1) is 6.92 Å². The molecule has 0 bridgehead atoms. The van der Waals surface area contributed by atoms with Crippen LogP contribution >= 0.6 is 0 Å². The van der Waals surface area contributed by atoms with E-state index in [1.807, 2.05) is 48.5 Å². The number of carbonyl (C=O) groups excluding carboxylic acids is 1. The predicted octanol–water partition coefficient (Wildman–Crippen LogP) is 2.72. The van der Waals surface area contributed by atoms with Crippen molar-refractivity contribution in [2.45, 2.75) is 26.4 Å². The third-order valence-corrected chi connectivity index (χ3v) is 4.69. The lowest BCUT2D eigenvalue weighted by atomic mass is 10.1. The summed E-state index contributed by atoms with van der Waals surface area (Å²) >= 11 is 0. The number of benzene rings is 2. The SMILES string of the molecule is Cc1nc2nc(NC(=O)C(C)Oc3ccccc3)[nH]n2c(=O)c1Cc1ccccc1. The van der Waals surface area contributed by atoms with Crippen molar-refractivity contribution in [3.8, 4) is 5.75 Å². The van der Waals surface area contributed by atoms with E-state index in [0.29, 0.717) is 23.4 Å². The number of nitrogens with one attached hydrogen (secondary N) is 2. The molecular weight excluding hydrogens is 382 g/mol. The molecule has 0 aliphatic rings. The molecule has 8 nitrogen and oxygen atoms in total. The van der Waals surface area contributed by atoms with E-state index in [2.05, 4.69) is 20.4 Å². The maximum Gasteiger partial charge on any atom is 0.277 e. The van der Waals surface area contributed by atoms with E-state index in [1.54, 1.807) is 26.0 Å². The van der Waals surface area contributed by atoms with Gasteiger partial charge in [-0.05, 0) is 31.5 Å². The Kier molecular flexibility index (Phi) is 5.30. The smallest absolute Gasteiger partial charge is 0.277 e. The number of H-pyrrole nitrogens is 1. The van der Waals surface area contributed by atoms with Crippen molar-refractivity contribution in [1.82, 2.24) is 19.6 Å². The highest BCUT2D eigenvalue weighted by molar-refractivity contribution is 5.92. The van der Waals surface area contributed by atoms with Crippen LogP contribution in [0.1, 0.15) is 23.7 Å². The van der Waals surface area contributed by atoms with E-state index < -0.39 is 12.0 Å². The summed E-state index contributed by atoms with van der Waals surface area (Å²) in [5.74, 6) is 0.515. The zero-order valence-corrected chi connectivity index (χ0v) is 16.6. The van der Waals surface area contributed by atoms with Crippen LogP contribution in [-0.4, -0.2) is 31.6 Å². The molecule has 0 saturated heterocycles. The van der Waals surface area contributed by atoms with E-state index >= 15 is 0 Å². The Morgan fingerprint density at radius 3 is 2.47 bits per heavy atom. The van der Waals surface area contributed by atoms with Crippen LogP contribution < -0.4 is 15.6 Å². The molecule has 0 radical (unpaired) electrons. The number of carbonyl (C=O) groups is 1. The van der Waals surface area contributed by atoms with Gasteiger partial charge in [0.25, 0.3) is 17.2 Å². The van der Waals surface area contributed by atoms with Gasteiger partial charge in [0.05, 0.1) is 5.69 Å². The van der Waals surface area contributed by atoms with E-state index in [0.717, 1.165) is 5.56 Å². The number of hydrogen-bond acceptors (Lipinski definition) is 5. The molecule has 0 saturated carbocycles. The van der Waals surface area contributed by atoms with Crippen molar-refractivity contribution in [3.63, 3.8) is 0 Å². The van der Waals surface area contributed by atoms with Crippen LogP contribution in [0.15, 0.2) is 65.5 Å². The topological polar surface area (TPSA) is 101 Å². The minimum atomic E-state index is -0.749. The molecule has 30 heavy (non-hydrogen) atoms. The molecule has 1 unspecified atom stereocenters. The fourth-order valence-corrected chi connectivity index (χ4v) is 3.09. The summed E-state index contributed by atoms with van der Waals surface area (Å²) < 4.78 is 6.85. The molecule has 0 aliphatic heterocycles. The number of para-hydroxylation sites is 1. The standard InChI is InChI=1S/C22H21N5O3/c1-14-18(13-16-9-5-3-6-10-16)20(29)27-22(23-14)25-21(26-27)24-19(28)15(2)30-17-11-7-4-8-12-17/h3-12,15H,13H2,1-2H3,(H2,23,24,25,26,28). The fraction of sp³-hybridized carbons (Fsp3) is 0.182. The highest BCUT2D eigenvalue weighted by Crippen LogP contribution is 2.13. The first kappa shape index (κ1) is 19.4. The third-order valence-electron chi connectivity index (χ3n) is 4.69. The van der Waals surface area contributed by atoms with Gasteiger partial charge in [-0.3, -0.25) is 20.0 Å². The largest absolute Gasteiger partial charge is 0.481 e. The summed E-state index contributed by atoms with van der Waals surface area (Å²) in [6.07, 6.45) is -0.287. The normalized spacial score (nSPS) is 11.9. The van der Waals surface area contributed by atoms with Crippen molar-refractivity contribution in [2.75, 3.05) is 5.32 Å². The molecule has 0 spiro atoms. The number of nitrogens with zero attached hydrogens (tertiary/aromatic N) is 3. The molecule has 2 aromatic heterocycles. The van der Waals surface area contributed by atoms with Crippen LogP contribution in [0.4, 0.5) is 5.95 Å². The van der Waals surface area contributed by atoms with Crippen LogP contribution in [0.25, 0.3) is 5.78 Å². The number of aryl methyl sites for hydroxylation is 1. The molecule has 2 N–H and O–H groups in total. The maximum absolute atomic E-state index is 12.9. The number of anilines is 1. The second kappa shape index (κ2) is 8.20. The summed E-state index contributed by atoms with van der Waals surface area (Å²) in [5, 5.41) is 5.45. The van der Waals surface area contributed by atoms with Gasteiger partial charge in [-0.25, -0.2) is 4.98 Å². The summed E-state index contributed by atoms with van der Waals surface area (Å²) in [6.45, 7) is 3.42. The highest BCUT2D eigenvalue weighted by atomic mass is 16.5. The summed E-state index contributed by atoms with van der Waals surface area (Å²) in [7, 11) is 0. The lowest BCUT2D eigenvalue weighted by Crippen LogP contribution is -2.30. The van der Waals surface area contributed by atoms with Crippen molar-refractivity contribution in [3.05, 3.63) is 87.8 Å². The third kappa shape index (κ3) is 4.07. The van der Waals surface area contributed by atoms with Crippen molar-refractivity contribution >= 4 is 17.6 Å². The van der Waals surface area contributed by atoms with Crippen molar-refractivity contribution < 1.29 is 9.53 Å². The summed E-state index contributed by atoms with van der Waals surface area (Å²) in [4.78, 5) is 34.0. The fourth-order valence-electron chi connectivity index (χ4n) is 3.09. The molecule has 0 fully saturated rings. The zero-order valence-electron chi connectivity index (χ0n) is 16.6. The number of hydrogen-bond donors (Lipinski definition) is 2. The van der Waals surface area contributed by atoms with Gasteiger partial charge in [-0.2, -0.15) is 9.50 Å². The first-order valence-electron chi connectivity index (χ1n) is 9.56. The van der Waals surface area contributed by atoms with Crippen LogP contribution in [0.2, 0.25) is 0 Å². The van der Waals surface area contributed by atoms with Crippen LogP contribution in [-0.2, 0) is 11.2 Å². The second-order valence-electron chi connectivity index (χ2n) is 6.91. The average Bonchev–Trinajstić information content (AvgIpc) is 3.15. The number of amides is 1. The van der Waals surface area contributed by atoms with Gasteiger partial charge < -0.3 is 4.74 Å². The van der Waals surface area contributed by atoms with Gasteiger partial charge in [0.2, 0.25) is 5.95 Å². The molecule has 2 heterocycles. The zero-order chi connectivity index (χ0) is 21.1. The lowest BCUT2D eigenvalue weighted by Gasteiger charge is -2.13. The molecule has 2 aromatic carbocycles. The van der Waals surface area contributed by atoms with Gasteiger partial charge in [-0.15, -0.1) is 0 Å². The van der Waals surface area contributed by atoms with Gasteiger partial charge >= 0.3 is 0 Å². The van der Waals surface area contributed by atoms with Gasteiger partial charge in [0.15, 0.2) is 6.10 Å². The quantitative estimate of drug-likeness (QED) is 0.515. The first-order chi connectivity index (χ1) is 14.5. The minimum absolute atomic E-state index is 0.129. The highest BCUT2D eigenvalue weighted by Gasteiger charge is 2.18. The number of aromatic nitrogens is 4. The van der Waals surface area contributed by atoms with Gasteiger partial charge in [0.1, 0.15) is 5.75 Å². The van der Waals surface area contributed by atoms with Crippen LogP contribution in [0.5, 0.6) is 5.75 Å². The Bertz CT molecular complexity index is 1230. The molecule has 4 rings (SSSR count). The molecule has 0 aliphatic carbocycles. The van der Waals surface area contributed by atoms with Gasteiger partial charge in [0, 0.05) is 12.0 Å². The Balaban J connectivity index is 1.55. The number of ether oxygens (including phenoxy) is 1. The molecule has 1 amide bonds.